The molecule has 5 heteroatoms. The predicted octanol–water partition coefficient (Wildman–Crippen LogP) is 1.29. The van der Waals surface area contributed by atoms with Crippen LogP contribution < -0.4 is 0 Å². The van der Waals surface area contributed by atoms with Gasteiger partial charge in [-0.1, -0.05) is 12.1 Å². The van der Waals surface area contributed by atoms with Gasteiger partial charge in [-0.25, -0.2) is 0 Å². The van der Waals surface area contributed by atoms with Crippen LogP contribution in [0.15, 0.2) is 24.3 Å². The fourth-order valence-electron chi connectivity index (χ4n) is 2.45. The Bertz CT molecular complexity index is 496. The van der Waals surface area contributed by atoms with Gasteiger partial charge in [-0.3, -0.25) is 9.59 Å². The molecular formula is C15H20N2O3. The Morgan fingerprint density at radius 2 is 1.95 bits per heavy atom. The highest BCUT2D eigenvalue weighted by Crippen LogP contribution is 2.19. The maximum absolute atomic E-state index is 12.3. The molecule has 0 saturated carbocycles. The van der Waals surface area contributed by atoms with Crippen molar-refractivity contribution in [1.82, 2.24) is 9.80 Å². The number of carboxylic acid groups (broad SMARTS) is 1. The number of aliphatic carboxylic acids is 1. The fourth-order valence-corrected chi connectivity index (χ4v) is 2.45. The summed E-state index contributed by atoms with van der Waals surface area (Å²) >= 11 is 0. The summed E-state index contributed by atoms with van der Waals surface area (Å²) in [6, 6.07) is 7.51. The van der Waals surface area contributed by atoms with Crippen molar-refractivity contribution < 1.29 is 14.7 Å². The minimum atomic E-state index is -0.818. The molecule has 1 heterocycles. The molecular weight excluding hydrogens is 256 g/mol. The molecule has 0 aromatic heterocycles. The monoisotopic (exact) mass is 276 g/mol. The number of carbonyl (C=O) groups is 2. The Morgan fingerprint density at radius 1 is 1.30 bits per heavy atom. The summed E-state index contributed by atoms with van der Waals surface area (Å²) in [6.07, 6.45) is 0.541. The second-order valence-corrected chi connectivity index (χ2v) is 5.51. The van der Waals surface area contributed by atoms with Crippen LogP contribution in [0.5, 0.6) is 0 Å². The number of carboxylic acids is 1. The van der Waals surface area contributed by atoms with Gasteiger partial charge >= 0.3 is 5.97 Å². The van der Waals surface area contributed by atoms with Crippen LogP contribution in [0.25, 0.3) is 0 Å². The van der Waals surface area contributed by atoms with Gasteiger partial charge in [0.15, 0.2) is 0 Å². The highest BCUT2D eigenvalue weighted by Gasteiger charge is 2.31. The van der Waals surface area contributed by atoms with Gasteiger partial charge in [-0.15, -0.1) is 0 Å². The quantitative estimate of drug-likeness (QED) is 0.900. The minimum absolute atomic E-state index is 0.0786. The lowest BCUT2D eigenvalue weighted by Gasteiger charge is -2.16. The zero-order valence-electron chi connectivity index (χ0n) is 11.9. The maximum Gasteiger partial charge on any atom is 0.308 e. The summed E-state index contributed by atoms with van der Waals surface area (Å²) < 4.78 is 0. The van der Waals surface area contributed by atoms with Crippen LogP contribution >= 0.6 is 0 Å². The first kappa shape index (κ1) is 14.5. The first-order valence-corrected chi connectivity index (χ1v) is 6.73. The molecule has 2 rings (SSSR count). The highest BCUT2D eigenvalue weighted by atomic mass is 16.4. The molecule has 0 spiro atoms. The Morgan fingerprint density at radius 3 is 2.45 bits per heavy atom. The molecule has 1 N–H and O–H groups in total. The Kier molecular flexibility index (Phi) is 4.39. The van der Waals surface area contributed by atoms with E-state index in [1.165, 1.54) is 0 Å². The summed E-state index contributed by atoms with van der Waals surface area (Å²) in [6.45, 7) is 1.67. The Balaban J connectivity index is 2.01. The topological polar surface area (TPSA) is 60.9 Å². The van der Waals surface area contributed by atoms with Gasteiger partial charge in [-0.05, 0) is 38.2 Å². The maximum atomic E-state index is 12.3. The molecule has 1 saturated heterocycles. The predicted molar refractivity (Wildman–Crippen MR) is 75.5 cm³/mol. The minimum Gasteiger partial charge on any atom is -0.481 e. The van der Waals surface area contributed by atoms with Crippen LogP contribution in [-0.4, -0.2) is 54.0 Å². The van der Waals surface area contributed by atoms with E-state index in [0.717, 1.165) is 12.1 Å². The fraction of sp³-hybridized carbons (Fsp3) is 0.467. The van der Waals surface area contributed by atoms with Crippen molar-refractivity contribution in [3.8, 4) is 0 Å². The van der Waals surface area contributed by atoms with Gasteiger partial charge in [0.25, 0.3) is 5.91 Å². The second-order valence-electron chi connectivity index (χ2n) is 5.51. The number of hydrogen-bond acceptors (Lipinski definition) is 3. The molecule has 1 fully saturated rings. The van der Waals surface area contributed by atoms with Crippen molar-refractivity contribution in [2.75, 3.05) is 27.2 Å². The summed E-state index contributed by atoms with van der Waals surface area (Å²) in [5.41, 5.74) is 1.77. The van der Waals surface area contributed by atoms with Crippen LogP contribution in [0, 0.1) is 5.92 Å². The van der Waals surface area contributed by atoms with Gasteiger partial charge in [0, 0.05) is 25.2 Å². The van der Waals surface area contributed by atoms with E-state index >= 15 is 0 Å². The molecule has 0 bridgehead atoms. The van der Waals surface area contributed by atoms with E-state index in [4.69, 9.17) is 5.11 Å². The molecule has 5 nitrogen and oxygen atoms in total. The molecule has 20 heavy (non-hydrogen) atoms. The number of benzene rings is 1. The van der Waals surface area contributed by atoms with Crippen LogP contribution in [-0.2, 0) is 11.3 Å². The van der Waals surface area contributed by atoms with Gasteiger partial charge in [0.05, 0.1) is 5.92 Å². The van der Waals surface area contributed by atoms with E-state index in [0.29, 0.717) is 25.1 Å². The molecule has 1 amide bonds. The van der Waals surface area contributed by atoms with E-state index in [1.54, 1.807) is 4.90 Å². The van der Waals surface area contributed by atoms with Crippen LogP contribution in [0.2, 0.25) is 0 Å². The summed E-state index contributed by atoms with van der Waals surface area (Å²) in [5, 5.41) is 8.96. The zero-order valence-corrected chi connectivity index (χ0v) is 11.9. The van der Waals surface area contributed by atoms with E-state index in [9.17, 15) is 9.59 Å². The van der Waals surface area contributed by atoms with Crippen molar-refractivity contribution in [2.24, 2.45) is 5.92 Å². The van der Waals surface area contributed by atoms with Crippen molar-refractivity contribution in [3.05, 3.63) is 35.4 Å². The molecule has 1 aliphatic rings. The van der Waals surface area contributed by atoms with Crippen molar-refractivity contribution in [1.29, 1.82) is 0 Å². The van der Waals surface area contributed by atoms with Gasteiger partial charge < -0.3 is 14.9 Å². The molecule has 1 atom stereocenters. The van der Waals surface area contributed by atoms with Gasteiger partial charge in [-0.2, -0.15) is 0 Å². The van der Waals surface area contributed by atoms with Crippen LogP contribution in [0.4, 0.5) is 0 Å². The highest BCUT2D eigenvalue weighted by molar-refractivity contribution is 5.94. The zero-order chi connectivity index (χ0) is 14.7. The van der Waals surface area contributed by atoms with Gasteiger partial charge in [0.1, 0.15) is 0 Å². The summed E-state index contributed by atoms with van der Waals surface area (Å²) in [4.78, 5) is 26.9. The SMILES string of the molecule is CN(C)Cc1ccc(C(=O)N2CCC(C(=O)O)C2)cc1. The Hall–Kier alpha value is -1.88. The summed E-state index contributed by atoms with van der Waals surface area (Å²) in [5.74, 6) is -1.32. The average molecular weight is 276 g/mol. The van der Waals surface area contributed by atoms with Gasteiger partial charge in [0.2, 0.25) is 0 Å². The third-order valence-electron chi connectivity index (χ3n) is 3.52. The number of likely N-dealkylation sites (tertiary alicyclic amines) is 1. The lowest BCUT2D eigenvalue weighted by Crippen LogP contribution is -2.29. The average Bonchev–Trinajstić information content (AvgIpc) is 2.88. The third-order valence-corrected chi connectivity index (χ3v) is 3.52. The van der Waals surface area contributed by atoms with Crippen molar-refractivity contribution in [2.45, 2.75) is 13.0 Å². The molecule has 0 aliphatic carbocycles. The van der Waals surface area contributed by atoms with Crippen LogP contribution in [0.3, 0.4) is 0 Å². The number of rotatable bonds is 4. The van der Waals surface area contributed by atoms with E-state index in [1.807, 2.05) is 38.4 Å². The largest absolute Gasteiger partial charge is 0.481 e. The second kappa shape index (κ2) is 6.05. The first-order chi connectivity index (χ1) is 9.47. The van der Waals surface area contributed by atoms with E-state index < -0.39 is 11.9 Å². The normalized spacial score (nSPS) is 18.6. The standard InChI is InChI=1S/C15H20N2O3/c1-16(2)9-11-3-5-12(6-4-11)14(18)17-8-7-13(10-17)15(19)20/h3-6,13H,7-10H2,1-2H3,(H,19,20). The lowest BCUT2D eigenvalue weighted by molar-refractivity contribution is -0.141. The number of amides is 1. The van der Waals surface area contributed by atoms with E-state index in [2.05, 4.69) is 4.90 Å². The van der Waals surface area contributed by atoms with Crippen molar-refractivity contribution in [3.63, 3.8) is 0 Å². The summed E-state index contributed by atoms with van der Waals surface area (Å²) in [7, 11) is 3.99. The number of hydrogen-bond donors (Lipinski definition) is 1. The molecule has 1 aromatic rings. The molecule has 1 unspecified atom stereocenters. The molecule has 1 aliphatic heterocycles. The smallest absolute Gasteiger partial charge is 0.308 e. The molecule has 1 aromatic carbocycles. The first-order valence-electron chi connectivity index (χ1n) is 6.73. The third kappa shape index (κ3) is 3.36. The number of nitrogens with zero attached hydrogens (tertiary/aromatic N) is 2. The van der Waals surface area contributed by atoms with Crippen LogP contribution in [0.1, 0.15) is 22.3 Å². The lowest BCUT2D eigenvalue weighted by atomic mass is 10.1. The molecule has 108 valence electrons. The molecule has 0 radical (unpaired) electrons. The Labute approximate surface area is 118 Å². The van der Waals surface area contributed by atoms with Crippen molar-refractivity contribution >= 4 is 11.9 Å². The van der Waals surface area contributed by atoms with E-state index in [-0.39, 0.29) is 5.91 Å². The number of carbonyl (C=O) groups excluding carboxylic acids is 1.